The van der Waals surface area contributed by atoms with Crippen molar-refractivity contribution in [3.63, 3.8) is 0 Å². The van der Waals surface area contributed by atoms with E-state index in [0.717, 1.165) is 34.1 Å². The summed E-state index contributed by atoms with van der Waals surface area (Å²) in [6, 6.07) is 118. The molecule has 17 rings (SSSR count). The van der Waals surface area contributed by atoms with Crippen LogP contribution in [0.15, 0.2) is 315 Å². The van der Waals surface area contributed by atoms with Crippen molar-refractivity contribution in [1.82, 2.24) is 0 Å². The van der Waals surface area contributed by atoms with Crippen molar-refractivity contribution in [2.45, 2.75) is 5.41 Å². The summed E-state index contributed by atoms with van der Waals surface area (Å²) in [5.74, 6) is 0. The molecule has 1 aliphatic rings. The zero-order valence-corrected chi connectivity index (χ0v) is 45.4. The minimum atomic E-state index is -0.782. The average Bonchev–Trinajstić information content (AvgIpc) is 1.94. The largest absolute Gasteiger partial charge is 0.311 e. The molecule has 0 saturated carbocycles. The molecule has 2 nitrogen and oxygen atoms in total. The molecule has 83 heavy (non-hydrogen) atoms. The van der Waals surface area contributed by atoms with Crippen LogP contribution in [-0.2, 0) is 5.41 Å². The molecule has 16 aromatic rings. The third kappa shape index (κ3) is 7.23. The van der Waals surface area contributed by atoms with E-state index in [0.29, 0.717) is 0 Å². The number of fused-ring (bicyclic) bond motifs is 3. The Balaban J connectivity index is 0.940. The normalized spacial score (nSPS) is 12.7. The molecule has 0 amide bonds. The standard InChI is InChI=1S/C81H52N2/c1-5-19-63(20-6-1)82(64-21-7-2-8-22-64)67-41-37-61(38-42-67)81(62-39-43-68(44-40-62)83(65-23-9-3-10-24-65)66-25-11-4-12-26-66)75-51-59(69-45-31-57-29-27-53-15-13-17-55-33-49-73(69)79(57)77(53)55)35-47-71(75)72-48-36-60(52-76(72)81)70-46-32-58-30-28-54-16-14-18-56-34-50-74(70)80(58)78(54)56/h1-52H. The van der Waals surface area contributed by atoms with Crippen molar-refractivity contribution in [1.29, 1.82) is 0 Å². The average molecular weight is 1050 g/mol. The van der Waals surface area contributed by atoms with Crippen LogP contribution >= 0.6 is 0 Å². The summed E-state index contributed by atoms with van der Waals surface area (Å²) in [5.41, 5.74) is 18.0. The maximum Gasteiger partial charge on any atom is 0.0714 e. The number of benzene rings is 16. The van der Waals surface area contributed by atoms with E-state index in [1.165, 1.54) is 120 Å². The molecule has 0 aromatic heterocycles. The Labute approximate surface area is 482 Å². The number of rotatable bonds is 10. The van der Waals surface area contributed by atoms with Gasteiger partial charge < -0.3 is 9.80 Å². The second-order valence-electron chi connectivity index (χ2n) is 22.3. The Bertz CT molecular complexity index is 4680. The van der Waals surface area contributed by atoms with Gasteiger partial charge in [-0.3, -0.25) is 0 Å². The molecule has 2 heteroatoms. The summed E-state index contributed by atoms with van der Waals surface area (Å²) in [6.07, 6.45) is 0. The van der Waals surface area contributed by atoms with Gasteiger partial charge in [0.15, 0.2) is 0 Å². The van der Waals surface area contributed by atoms with Gasteiger partial charge in [-0.15, -0.1) is 0 Å². The van der Waals surface area contributed by atoms with Crippen LogP contribution in [0.3, 0.4) is 0 Å². The van der Waals surface area contributed by atoms with Gasteiger partial charge in [-0.1, -0.05) is 231 Å². The highest BCUT2D eigenvalue weighted by Crippen LogP contribution is 2.59. The van der Waals surface area contributed by atoms with E-state index in [9.17, 15) is 0 Å². The van der Waals surface area contributed by atoms with E-state index in [2.05, 4.69) is 325 Å². The van der Waals surface area contributed by atoms with Crippen LogP contribution in [0.25, 0.3) is 98.0 Å². The van der Waals surface area contributed by atoms with Gasteiger partial charge in [0.2, 0.25) is 0 Å². The van der Waals surface area contributed by atoms with Gasteiger partial charge >= 0.3 is 0 Å². The quantitative estimate of drug-likeness (QED) is 0.126. The van der Waals surface area contributed by atoms with Crippen LogP contribution in [0.2, 0.25) is 0 Å². The molecule has 0 spiro atoms. The highest BCUT2D eigenvalue weighted by Gasteiger charge is 2.47. The van der Waals surface area contributed by atoms with E-state index in [4.69, 9.17) is 0 Å². The second kappa shape index (κ2) is 18.6. The SMILES string of the molecule is c1ccc(N(c2ccccc2)c2ccc(C3(c4ccc(N(c5ccccc5)c5ccccc5)cc4)c4cc(-c5ccc6ccc7cccc8ccc5c6c78)ccc4-c4ccc(-c5ccc6ccc7cccc8ccc5c6c78)cc43)cc2)cc1. The predicted octanol–water partition coefficient (Wildman–Crippen LogP) is 22.1. The minimum absolute atomic E-state index is 0.782. The lowest BCUT2D eigenvalue weighted by molar-refractivity contribution is 0.769. The lowest BCUT2D eigenvalue weighted by Gasteiger charge is -2.35. The molecule has 0 atom stereocenters. The Morgan fingerprint density at radius 1 is 0.205 bits per heavy atom. The number of anilines is 6. The molecule has 0 radical (unpaired) electrons. The monoisotopic (exact) mass is 1050 g/mol. The Morgan fingerprint density at radius 3 is 0.843 bits per heavy atom. The third-order valence-corrected chi connectivity index (χ3v) is 18.0. The van der Waals surface area contributed by atoms with Gasteiger partial charge in [0.05, 0.1) is 5.41 Å². The highest BCUT2D eigenvalue weighted by molar-refractivity contribution is 6.27. The minimum Gasteiger partial charge on any atom is -0.311 e. The number of hydrogen-bond donors (Lipinski definition) is 0. The number of nitrogens with zero attached hydrogens (tertiary/aromatic N) is 2. The van der Waals surface area contributed by atoms with Gasteiger partial charge in [0.25, 0.3) is 0 Å². The number of hydrogen-bond acceptors (Lipinski definition) is 2. The molecular weight excluding hydrogens is 1000 g/mol. The van der Waals surface area contributed by atoms with Gasteiger partial charge in [0.1, 0.15) is 0 Å². The fraction of sp³-hybridized carbons (Fsp3) is 0.0123. The first-order valence-electron chi connectivity index (χ1n) is 28.8. The van der Waals surface area contributed by atoms with E-state index >= 15 is 0 Å². The van der Waals surface area contributed by atoms with Crippen molar-refractivity contribution in [3.8, 4) is 33.4 Å². The summed E-state index contributed by atoms with van der Waals surface area (Å²) >= 11 is 0. The third-order valence-electron chi connectivity index (χ3n) is 18.0. The molecule has 0 heterocycles. The van der Waals surface area contributed by atoms with Crippen LogP contribution < -0.4 is 9.80 Å². The van der Waals surface area contributed by atoms with Crippen molar-refractivity contribution in [2.75, 3.05) is 9.80 Å². The summed E-state index contributed by atoms with van der Waals surface area (Å²) in [7, 11) is 0. The van der Waals surface area contributed by atoms with E-state index in [1.54, 1.807) is 0 Å². The van der Waals surface area contributed by atoms with Crippen LogP contribution in [-0.4, -0.2) is 0 Å². The van der Waals surface area contributed by atoms with Crippen LogP contribution in [0, 0.1) is 0 Å². The van der Waals surface area contributed by atoms with Crippen molar-refractivity contribution >= 4 is 98.8 Å². The summed E-state index contributed by atoms with van der Waals surface area (Å²) < 4.78 is 0. The fourth-order valence-corrected chi connectivity index (χ4v) is 14.3. The Morgan fingerprint density at radius 2 is 0.494 bits per heavy atom. The molecule has 386 valence electrons. The second-order valence-corrected chi connectivity index (χ2v) is 22.3. The lowest BCUT2D eigenvalue weighted by atomic mass is 9.67. The van der Waals surface area contributed by atoms with Crippen LogP contribution in [0.5, 0.6) is 0 Å². The molecule has 1 aliphatic carbocycles. The molecule has 0 fully saturated rings. The zero-order valence-electron chi connectivity index (χ0n) is 45.4. The van der Waals surface area contributed by atoms with Gasteiger partial charge in [-0.2, -0.15) is 0 Å². The zero-order chi connectivity index (χ0) is 54.6. The molecular formula is C81H52N2. The molecule has 16 aromatic carbocycles. The van der Waals surface area contributed by atoms with Gasteiger partial charge in [-0.25, -0.2) is 0 Å². The summed E-state index contributed by atoms with van der Waals surface area (Å²) in [5, 5.41) is 15.4. The summed E-state index contributed by atoms with van der Waals surface area (Å²) in [4.78, 5) is 4.73. The van der Waals surface area contributed by atoms with E-state index in [1.807, 2.05) is 0 Å². The van der Waals surface area contributed by atoms with Crippen LogP contribution in [0.1, 0.15) is 22.3 Å². The van der Waals surface area contributed by atoms with Gasteiger partial charge in [-0.05, 0) is 205 Å². The van der Waals surface area contributed by atoms with Gasteiger partial charge in [0, 0.05) is 34.1 Å². The molecule has 0 N–H and O–H groups in total. The smallest absolute Gasteiger partial charge is 0.0714 e. The van der Waals surface area contributed by atoms with Crippen molar-refractivity contribution in [2.24, 2.45) is 0 Å². The number of para-hydroxylation sites is 4. The molecule has 0 saturated heterocycles. The first-order chi connectivity index (χ1) is 41.2. The highest BCUT2D eigenvalue weighted by atomic mass is 15.1. The molecule has 0 unspecified atom stereocenters. The predicted molar refractivity (Wildman–Crippen MR) is 351 cm³/mol. The topological polar surface area (TPSA) is 6.48 Å². The maximum atomic E-state index is 2.54. The first-order valence-corrected chi connectivity index (χ1v) is 28.8. The Kier molecular flexibility index (Phi) is 10.6. The fourth-order valence-electron chi connectivity index (χ4n) is 14.3. The first kappa shape index (κ1) is 47.1. The molecule has 0 aliphatic heterocycles. The lowest BCUT2D eigenvalue weighted by Crippen LogP contribution is -2.29. The van der Waals surface area contributed by atoms with E-state index < -0.39 is 5.41 Å². The summed E-state index contributed by atoms with van der Waals surface area (Å²) in [6.45, 7) is 0. The van der Waals surface area contributed by atoms with E-state index in [-0.39, 0.29) is 0 Å². The Hall–Kier alpha value is -10.8. The maximum absolute atomic E-state index is 2.54. The van der Waals surface area contributed by atoms with Crippen LogP contribution in [0.4, 0.5) is 34.1 Å². The molecule has 0 bridgehead atoms. The van der Waals surface area contributed by atoms with Crippen molar-refractivity contribution < 1.29 is 0 Å². The van der Waals surface area contributed by atoms with Crippen molar-refractivity contribution in [3.05, 3.63) is 338 Å².